The van der Waals surface area contributed by atoms with Gasteiger partial charge in [0.05, 0.1) is 19.8 Å². The molecule has 0 bridgehead atoms. The Balaban J connectivity index is 0.000000789. The molecule has 2 aromatic rings. The van der Waals surface area contributed by atoms with E-state index in [9.17, 15) is 9.18 Å². The van der Waals surface area contributed by atoms with Crippen LogP contribution < -0.4 is 0 Å². The molecule has 2 aromatic carbocycles. The normalized spacial score (nSPS) is 15.8. The average molecular weight is 374 g/mol. The summed E-state index contributed by atoms with van der Waals surface area (Å²) in [5.74, 6) is 0. The first-order chi connectivity index (χ1) is 13.2. The molecule has 27 heavy (non-hydrogen) atoms. The van der Waals surface area contributed by atoms with Gasteiger partial charge in [0.1, 0.15) is 12.2 Å². The summed E-state index contributed by atoms with van der Waals surface area (Å²) in [4.78, 5) is 11.3. The summed E-state index contributed by atoms with van der Waals surface area (Å²) < 4.78 is 25.1. The van der Waals surface area contributed by atoms with Crippen LogP contribution >= 0.6 is 0 Å². The molecule has 0 radical (unpaired) electrons. The SMILES string of the molecule is C1CC1.O=C[C@@H](OCc1ccccc1)[C@@H](OCc1ccccc1)[C@@H](F)CO. The number of alkyl halides is 1. The lowest BCUT2D eigenvalue weighted by molar-refractivity contribution is -0.143. The van der Waals surface area contributed by atoms with E-state index < -0.39 is 25.0 Å². The van der Waals surface area contributed by atoms with Crippen molar-refractivity contribution in [3.8, 4) is 0 Å². The van der Waals surface area contributed by atoms with Gasteiger partial charge >= 0.3 is 0 Å². The van der Waals surface area contributed by atoms with E-state index in [1.54, 1.807) is 0 Å². The van der Waals surface area contributed by atoms with E-state index >= 15 is 0 Å². The number of benzene rings is 2. The summed E-state index contributed by atoms with van der Waals surface area (Å²) in [6.45, 7) is -0.447. The lowest BCUT2D eigenvalue weighted by atomic mass is 10.1. The zero-order valence-electron chi connectivity index (χ0n) is 15.4. The fourth-order valence-electron chi connectivity index (χ4n) is 2.25. The van der Waals surface area contributed by atoms with E-state index in [0.29, 0.717) is 6.29 Å². The summed E-state index contributed by atoms with van der Waals surface area (Å²) in [7, 11) is 0. The molecule has 1 saturated carbocycles. The van der Waals surface area contributed by atoms with Crippen LogP contribution in [0.3, 0.4) is 0 Å². The quantitative estimate of drug-likeness (QED) is 0.642. The van der Waals surface area contributed by atoms with Crippen LogP contribution in [0.25, 0.3) is 0 Å². The summed E-state index contributed by atoms with van der Waals surface area (Å²) in [5, 5.41) is 9.11. The summed E-state index contributed by atoms with van der Waals surface area (Å²) in [6.07, 6.45) is 1.04. The van der Waals surface area contributed by atoms with E-state index in [0.717, 1.165) is 11.1 Å². The highest BCUT2D eigenvalue weighted by molar-refractivity contribution is 5.57. The van der Waals surface area contributed by atoms with Gasteiger partial charge in [0.15, 0.2) is 12.5 Å². The predicted molar refractivity (Wildman–Crippen MR) is 102 cm³/mol. The maximum absolute atomic E-state index is 14.0. The number of halogens is 1. The zero-order valence-corrected chi connectivity index (χ0v) is 15.4. The molecule has 3 atom stereocenters. The number of carbonyl (C=O) groups excluding carboxylic acids is 1. The number of carbonyl (C=O) groups is 1. The molecule has 0 saturated heterocycles. The number of aldehydes is 1. The highest BCUT2D eigenvalue weighted by Gasteiger charge is 2.31. The molecule has 0 amide bonds. The first kappa shape index (κ1) is 21.2. The Labute approximate surface area is 159 Å². The standard InChI is InChI=1S/C19H21FO4.C3H6/c20-17(11-21)19(24-14-16-9-5-2-6-10-16)18(12-22)23-13-15-7-3-1-4-8-15;1-2-3-1/h1-10,12,17-19,21H,11,13-14H2;1-3H2/t17-,18+,19-;/m0./s1. The highest BCUT2D eigenvalue weighted by Crippen LogP contribution is 2.16. The minimum Gasteiger partial charge on any atom is -0.393 e. The molecular formula is C22H27FO4. The third kappa shape index (κ3) is 8.43. The molecule has 0 unspecified atom stereocenters. The van der Waals surface area contributed by atoms with Crippen molar-refractivity contribution in [1.29, 1.82) is 0 Å². The van der Waals surface area contributed by atoms with Crippen molar-refractivity contribution in [1.82, 2.24) is 0 Å². The first-order valence-electron chi connectivity index (χ1n) is 9.26. The van der Waals surface area contributed by atoms with E-state index in [2.05, 4.69) is 0 Å². The molecule has 1 aliphatic carbocycles. The zero-order chi connectivity index (χ0) is 19.3. The van der Waals surface area contributed by atoms with Gasteiger partial charge < -0.3 is 19.4 Å². The Kier molecular flexibility index (Phi) is 9.69. The molecule has 146 valence electrons. The number of aliphatic hydroxyl groups is 1. The lowest BCUT2D eigenvalue weighted by Gasteiger charge is -2.25. The van der Waals surface area contributed by atoms with Gasteiger partial charge in [0.2, 0.25) is 0 Å². The molecule has 1 aliphatic rings. The minimum atomic E-state index is -1.71. The molecule has 4 nitrogen and oxygen atoms in total. The fourth-order valence-corrected chi connectivity index (χ4v) is 2.25. The van der Waals surface area contributed by atoms with Crippen molar-refractivity contribution in [2.45, 2.75) is 50.9 Å². The van der Waals surface area contributed by atoms with E-state index in [-0.39, 0.29) is 13.2 Å². The molecule has 0 aromatic heterocycles. The van der Waals surface area contributed by atoms with E-state index in [4.69, 9.17) is 14.6 Å². The van der Waals surface area contributed by atoms with Crippen molar-refractivity contribution >= 4 is 6.29 Å². The molecule has 0 aliphatic heterocycles. The largest absolute Gasteiger partial charge is 0.393 e. The smallest absolute Gasteiger partial charge is 0.152 e. The highest BCUT2D eigenvalue weighted by atomic mass is 19.1. The number of hydrogen-bond acceptors (Lipinski definition) is 4. The van der Waals surface area contributed by atoms with Gasteiger partial charge in [0, 0.05) is 0 Å². The van der Waals surface area contributed by atoms with E-state index in [1.807, 2.05) is 60.7 Å². The van der Waals surface area contributed by atoms with Crippen molar-refractivity contribution in [3.63, 3.8) is 0 Å². The second-order valence-corrected chi connectivity index (χ2v) is 6.42. The molecule has 1 fully saturated rings. The van der Waals surface area contributed by atoms with Crippen LogP contribution in [0.2, 0.25) is 0 Å². The van der Waals surface area contributed by atoms with Crippen molar-refractivity contribution in [2.75, 3.05) is 6.61 Å². The van der Waals surface area contributed by atoms with Crippen LogP contribution in [0, 0.1) is 0 Å². The lowest BCUT2D eigenvalue weighted by Crippen LogP contribution is -2.41. The van der Waals surface area contributed by atoms with Gasteiger partial charge in [-0.25, -0.2) is 4.39 Å². The Morgan fingerprint density at radius 3 is 1.78 bits per heavy atom. The van der Waals surface area contributed by atoms with Gasteiger partial charge in [-0.2, -0.15) is 0 Å². The first-order valence-corrected chi connectivity index (χ1v) is 9.26. The van der Waals surface area contributed by atoms with Crippen molar-refractivity contribution in [3.05, 3.63) is 71.8 Å². The maximum atomic E-state index is 14.0. The van der Waals surface area contributed by atoms with Gasteiger partial charge in [-0.1, -0.05) is 79.9 Å². The molecule has 1 N–H and O–H groups in total. The van der Waals surface area contributed by atoms with Gasteiger partial charge in [-0.15, -0.1) is 0 Å². The van der Waals surface area contributed by atoms with Crippen molar-refractivity contribution in [2.24, 2.45) is 0 Å². The van der Waals surface area contributed by atoms with Crippen LogP contribution in [-0.4, -0.2) is 36.4 Å². The number of rotatable bonds is 10. The van der Waals surface area contributed by atoms with Crippen LogP contribution in [0.5, 0.6) is 0 Å². The molecule has 5 heteroatoms. The number of hydrogen-bond donors (Lipinski definition) is 1. The fraction of sp³-hybridized carbons (Fsp3) is 0.409. The van der Waals surface area contributed by atoms with Gasteiger partial charge in [-0.3, -0.25) is 0 Å². The molecular weight excluding hydrogens is 347 g/mol. The third-order valence-corrected chi connectivity index (χ3v) is 3.91. The monoisotopic (exact) mass is 374 g/mol. The number of ether oxygens (including phenoxy) is 2. The molecule has 0 spiro atoms. The van der Waals surface area contributed by atoms with Crippen LogP contribution in [0.15, 0.2) is 60.7 Å². The average Bonchev–Trinajstić information content (AvgIpc) is 3.61. The van der Waals surface area contributed by atoms with Crippen LogP contribution in [0.4, 0.5) is 4.39 Å². The second kappa shape index (κ2) is 12.3. The summed E-state index contributed by atoms with van der Waals surface area (Å²) >= 11 is 0. The van der Waals surface area contributed by atoms with Crippen LogP contribution in [0.1, 0.15) is 30.4 Å². The second-order valence-electron chi connectivity index (χ2n) is 6.42. The molecule has 3 rings (SSSR count). The number of aliphatic hydroxyl groups excluding tert-OH is 1. The Morgan fingerprint density at radius 2 is 1.37 bits per heavy atom. The summed E-state index contributed by atoms with van der Waals surface area (Å²) in [6, 6.07) is 18.5. The summed E-state index contributed by atoms with van der Waals surface area (Å²) in [5.41, 5.74) is 1.71. The Bertz CT molecular complexity index is 631. The van der Waals surface area contributed by atoms with Gasteiger partial charge in [0.25, 0.3) is 0 Å². The Morgan fingerprint density at radius 1 is 0.889 bits per heavy atom. The molecule has 0 heterocycles. The Hall–Kier alpha value is -2.08. The predicted octanol–water partition coefficient (Wildman–Crippen LogP) is 3.86. The third-order valence-electron chi connectivity index (χ3n) is 3.91. The van der Waals surface area contributed by atoms with Crippen molar-refractivity contribution < 1.29 is 23.8 Å². The maximum Gasteiger partial charge on any atom is 0.152 e. The minimum absolute atomic E-state index is 0.130. The van der Waals surface area contributed by atoms with Crippen LogP contribution in [-0.2, 0) is 27.5 Å². The van der Waals surface area contributed by atoms with E-state index in [1.165, 1.54) is 19.3 Å². The topological polar surface area (TPSA) is 55.8 Å². The van der Waals surface area contributed by atoms with Gasteiger partial charge in [-0.05, 0) is 11.1 Å².